The van der Waals surface area contributed by atoms with Crippen molar-refractivity contribution in [1.29, 1.82) is 0 Å². The predicted molar refractivity (Wildman–Crippen MR) is 108 cm³/mol. The number of halogens is 3. The Hall–Kier alpha value is -3.25. The smallest absolute Gasteiger partial charge is 0.389 e. The van der Waals surface area contributed by atoms with Crippen molar-refractivity contribution in [2.75, 3.05) is 5.73 Å². The number of nitrogens with one attached hydrogen (secondary N) is 1. The zero-order valence-electron chi connectivity index (χ0n) is 14.4. The average molecular weight is 435 g/mol. The van der Waals surface area contributed by atoms with Gasteiger partial charge in [0, 0.05) is 10.9 Å². The molecule has 0 saturated carbocycles. The molecule has 0 unspecified atom stereocenters. The highest BCUT2D eigenvalue weighted by Gasteiger charge is 2.30. The van der Waals surface area contributed by atoms with E-state index < -0.39 is 11.7 Å². The monoisotopic (exact) mass is 435 g/mol. The molecule has 0 amide bonds. The standard InChI is InChI=1S/C17H12F3N7S2/c18-17(19,20)9-3-1-8(2-4-9)12-7-29-16(25-12)11-5-23-26-15(11)27-13(21)10(6-24-27)14(22)28/h1-7H,21H2,(H2,22,28)(H,23,26). The van der Waals surface area contributed by atoms with Gasteiger partial charge >= 0.3 is 6.18 Å². The van der Waals surface area contributed by atoms with Gasteiger partial charge in [0.2, 0.25) is 0 Å². The number of aromatic nitrogens is 5. The molecule has 3 heterocycles. The maximum Gasteiger partial charge on any atom is 0.416 e. The topological polar surface area (TPSA) is 111 Å². The Bertz CT molecular complexity index is 1190. The molecule has 12 heteroatoms. The van der Waals surface area contributed by atoms with E-state index in [4.69, 9.17) is 23.7 Å². The molecular weight excluding hydrogens is 423 g/mol. The van der Waals surface area contributed by atoms with Gasteiger partial charge in [0.25, 0.3) is 0 Å². The molecule has 0 aliphatic rings. The molecule has 0 bridgehead atoms. The lowest BCUT2D eigenvalue weighted by Crippen LogP contribution is -2.12. The van der Waals surface area contributed by atoms with Crippen LogP contribution in [0.2, 0.25) is 0 Å². The van der Waals surface area contributed by atoms with Gasteiger partial charge in [-0.3, -0.25) is 5.10 Å². The summed E-state index contributed by atoms with van der Waals surface area (Å²) >= 11 is 6.26. The first kappa shape index (κ1) is 19.1. The Morgan fingerprint density at radius 1 is 1.17 bits per heavy atom. The van der Waals surface area contributed by atoms with Crippen LogP contribution in [-0.4, -0.2) is 30.0 Å². The second-order valence-corrected chi connectivity index (χ2v) is 7.26. The van der Waals surface area contributed by atoms with Gasteiger partial charge in [-0.2, -0.15) is 28.1 Å². The molecule has 0 saturated heterocycles. The summed E-state index contributed by atoms with van der Waals surface area (Å²) in [4.78, 5) is 4.64. The Labute approximate surface area is 171 Å². The van der Waals surface area contributed by atoms with E-state index in [-0.39, 0.29) is 10.8 Å². The largest absolute Gasteiger partial charge is 0.416 e. The molecule has 3 aromatic heterocycles. The number of nitrogens with zero attached hydrogens (tertiary/aromatic N) is 4. The number of hydrogen-bond donors (Lipinski definition) is 3. The van der Waals surface area contributed by atoms with E-state index in [0.29, 0.717) is 33.2 Å². The minimum atomic E-state index is -4.38. The lowest BCUT2D eigenvalue weighted by atomic mass is 10.1. The molecule has 0 spiro atoms. The van der Waals surface area contributed by atoms with Crippen molar-refractivity contribution >= 4 is 34.4 Å². The second kappa shape index (κ2) is 6.97. The lowest BCUT2D eigenvalue weighted by Gasteiger charge is -2.06. The molecule has 7 nitrogen and oxygen atoms in total. The van der Waals surface area contributed by atoms with Crippen LogP contribution in [0.25, 0.3) is 27.6 Å². The van der Waals surface area contributed by atoms with Gasteiger partial charge in [-0.15, -0.1) is 11.3 Å². The molecule has 148 valence electrons. The van der Waals surface area contributed by atoms with Crippen LogP contribution in [0.5, 0.6) is 0 Å². The molecule has 0 radical (unpaired) electrons. The molecule has 5 N–H and O–H groups in total. The number of H-pyrrole nitrogens is 1. The van der Waals surface area contributed by atoms with Crippen LogP contribution in [-0.2, 0) is 6.18 Å². The molecule has 0 aliphatic carbocycles. The zero-order chi connectivity index (χ0) is 20.8. The molecule has 0 aliphatic heterocycles. The summed E-state index contributed by atoms with van der Waals surface area (Å²) in [5.74, 6) is 0.723. The summed E-state index contributed by atoms with van der Waals surface area (Å²) in [7, 11) is 0. The number of hydrogen-bond acceptors (Lipinski definition) is 6. The predicted octanol–water partition coefficient (Wildman–Crippen LogP) is 3.62. The molecular formula is C17H12F3N7S2. The minimum absolute atomic E-state index is 0.119. The molecule has 1 aromatic carbocycles. The number of aromatic amines is 1. The molecule has 0 atom stereocenters. The average Bonchev–Trinajstić information content (AvgIpc) is 3.39. The molecule has 29 heavy (non-hydrogen) atoms. The van der Waals surface area contributed by atoms with Crippen molar-refractivity contribution in [3.63, 3.8) is 0 Å². The highest BCUT2D eigenvalue weighted by Crippen LogP contribution is 2.34. The van der Waals surface area contributed by atoms with Gasteiger partial charge in [0.1, 0.15) is 15.8 Å². The number of nitrogen functional groups attached to an aromatic ring is 1. The first-order valence-corrected chi connectivity index (χ1v) is 9.35. The summed E-state index contributed by atoms with van der Waals surface area (Å²) in [6.07, 6.45) is -1.37. The SMILES string of the molecule is NC(=S)c1cnn(-c2[nH]ncc2-c2nc(-c3ccc(C(F)(F)F)cc3)cs2)c1N. The van der Waals surface area contributed by atoms with Crippen molar-refractivity contribution in [1.82, 2.24) is 25.0 Å². The van der Waals surface area contributed by atoms with Crippen LogP contribution in [0.3, 0.4) is 0 Å². The van der Waals surface area contributed by atoms with Crippen molar-refractivity contribution in [3.05, 3.63) is 53.2 Å². The van der Waals surface area contributed by atoms with E-state index in [1.807, 2.05) is 0 Å². The Kier molecular flexibility index (Phi) is 4.59. The van der Waals surface area contributed by atoms with Gasteiger partial charge in [-0.25, -0.2) is 4.98 Å². The molecule has 4 aromatic rings. The third-order valence-electron chi connectivity index (χ3n) is 4.15. The van der Waals surface area contributed by atoms with Crippen molar-refractivity contribution < 1.29 is 13.2 Å². The number of benzene rings is 1. The van der Waals surface area contributed by atoms with E-state index in [1.165, 1.54) is 34.3 Å². The lowest BCUT2D eigenvalue weighted by molar-refractivity contribution is -0.137. The quantitative estimate of drug-likeness (QED) is 0.422. The van der Waals surface area contributed by atoms with Gasteiger partial charge < -0.3 is 11.5 Å². The number of alkyl halides is 3. The second-order valence-electron chi connectivity index (χ2n) is 5.96. The first-order chi connectivity index (χ1) is 13.8. The maximum absolute atomic E-state index is 12.7. The van der Waals surface area contributed by atoms with Crippen LogP contribution in [0.1, 0.15) is 11.1 Å². The minimum Gasteiger partial charge on any atom is -0.389 e. The first-order valence-electron chi connectivity index (χ1n) is 8.06. The normalized spacial score (nSPS) is 11.7. The number of rotatable bonds is 4. The Morgan fingerprint density at radius 2 is 1.90 bits per heavy atom. The molecule has 4 rings (SSSR count). The van der Waals surface area contributed by atoms with E-state index in [2.05, 4.69) is 20.3 Å². The summed E-state index contributed by atoms with van der Waals surface area (Å²) in [5, 5.41) is 13.4. The van der Waals surface area contributed by atoms with Crippen LogP contribution in [0, 0.1) is 0 Å². The fourth-order valence-electron chi connectivity index (χ4n) is 2.68. The van der Waals surface area contributed by atoms with E-state index in [1.54, 1.807) is 11.6 Å². The summed E-state index contributed by atoms with van der Waals surface area (Å²) in [6.45, 7) is 0. The summed E-state index contributed by atoms with van der Waals surface area (Å²) in [5.41, 5.74) is 13.2. The van der Waals surface area contributed by atoms with Crippen molar-refractivity contribution in [3.8, 4) is 27.6 Å². The van der Waals surface area contributed by atoms with Gasteiger partial charge in [-0.05, 0) is 12.1 Å². The van der Waals surface area contributed by atoms with Gasteiger partial charge in [-0.1, -0.05) is 24.4 Å². The van der Waals surface area contributed by atoms with Gasteiger partial charge in [0.05, 0.1) is 34.8 Å². The zero-order valence-corrected chi connectivity index (χ0v) is 16.1. The van der Waals surface area contributed by atoms with Crippen LogP contribution < -0.4 is 11.5 Å². The van der Waals surface area contributed by atoms with E-state index in [9.17, 15) is 13.2 Å². The van der Waals surface area contributed by atoms with Crippen LogP contribution >= 0.6 is 23.6 Å². The van der Waals surface area contributed by atoms with E-state index in [0.717, 1.165) is 12.1 Å². The summed E-state index contributed by atoms with van der Waals surface area (Å²) < 4.78 is 39.6. The fourth-order valence-corrected chi connectivity index (χ4v) is 3.68. The Morgan fingerprint density at radius 3 is 2.52 bits per heavy atom. The number of anilines is 1. The maximum atomic E-state index is 12.7. The molecule has 0 fully saturated rings. The van der Waals surface area contributed by atoms with Crippen molar-refractivity contribution in [2.45, 2.75) is 6.18 Å². The third-order valence-corrected chi connectivity index (χ3v) is 5.24. The van der Waals surface area contributed by atoms with E-state index >= 15 is 0 Å². The van der Waals surface area contributed by atoms with Crippen LogP contribution in [0.15, 0.2) is 42.0 Å². The Balaban J connectivity index is 1.68. The third kappa shape index (κ3) is 3.47. The van der Waals surface area contributed by atoms with Crippen molar-refractivity contribution in [2.24, 2.45) is 5.73 Å². The van der Waals surface area contributed by atoms with Crippen LogP contribution in [0.4, 0.5) is 19.0 Å². The summed E-state index contributed by atoms with van der Waals surface area (Å²) in [6, 6.07) is 4.83. The van der Waals surface area contributed by atoms with Gasteiger partial charge in [0.15, 0.2) is 5.82 Å². The highest BCUT2D eigenvalue weighted by atomic mass is 32.1. The number of thiazole rings is 1. The fraction of sp³-hybridized carbons (Fsp3) is 0.0588. The number of nitrogens with two attached hydrogens (primary N) is 2. The number of thiocarbonyl (C=S) groups is 1. The highest BCUT2D eigenvalue weighted by molar-refractivity contribution is 7.80.